The molecule has 3 aromatic rings. The molecule has 142 valence electrons. The summed E-state index contributed by atoms with van der Waals surface area (Å²) in [5, 5.41) is 10.2. The molecule has 4 rings (SSSR count). The Kier molecular flexibility index (Phi) is 4.80. The van der Waals surface area contributed by atoms with Crippen LogP contribution in [0.4, 0.5) is 11.4 Å². The molecule has 0 saturated carbocycles. The van der Waals surface area contributed by atoms with Crippen LogP contribution in [0.5, 0.6) is 0 Å². The summed E-state index contributed by atoms with van der Waals surface area (Å²) in [7, 11) is 0. The Labute approximate surface area is 163 Å². The summed E-state index contributed by atoms with van der Waals surface area (Å²) in [4.78, 5) is 26.6. The molecule has 7 nitrogen and oxygen atoms in total. The molecule has 0 spiro atoms. The van der Waals surface area contributed by atoms with Crippen LogP contribution in [0.25, 0.3) is 5.69 Å². The molecule has 1 aliphatic rings. The summed E-state index contributed by atoms with van der Waals surface area (Å²) < 4.78 is 1.75. The fourth-order valence-electron chi connectivity index (χ4n) is 3.35. The third kappa shape index (κ3) is 3.46. The molecule has 0 aliphatic carbocycles. The molecular weight excluding hydrogens is 354 g/mol. The van der Waals surface area contributed by atoms with Gasteiger partial charge in [-0.05, 0) is 31.2 Å². The number of amides is 2. The quantitative estimate of drug-likeness (QED) is 0.734. The fourth-order valence-corrected chi connectivity index (χ4v) is 3.35. The molecule has 1 saturated heterocycles. The number of para-hydroxylation sites is 3. The topological polar surface area (TPSA) is 79.3 Å². The fraction of sp³-hybridized carbons (Fsp3) is 0.190. The average molecular weight is 375 g/mol. The first kappa shape index (κ1) is 17.8. The molecule has 0 unspecified atom stereocenters. The molecule has 0 radical (unpaired) electrons. The van der Waals surface area contributed by atoms with E-state index >= 15 is 0 Å². The van der Waals surface area contributed by atoms with E-state index in [1.807, 2.05) is 66.4 Å². The number of carbonyl (C=O) groups is 2. The minimum absolute atomic E-state index is 0.0210. The number of hydrogen-bond acceptors (Lipinski definition) is 4. The van der Waals surface area contributed by atoms with E-state index in [2.05, 4.69) is 15.7 Å². The van der Waals surface area contributed by atoms with Gasteiger partial charge in [0.25, 0.3) is 5.91 Å². The first-order valence-corrected chi connectivity index (χ1v) is 9.15. The lowest BCUT2D eigenvalue weighted by atomic mass is 10.2. The predicted molar refractivity (Wildman–Crippen MR) is 108 cm³/mol. The van der Waals surface area contributed by atoms with Crippen molar-refractivity contribution in [1.82, 2.24) is 15.1 Å². The molecule has 0 atom stereocenters. The van der Waals surface area contributed by atoms with E-state index in [0.29, 0.717) is 24.3 Å². The zero-order valence-electron chi connectivity index (χ0n) is 15.6. The number of piperazine rings is 1. The lowest BCUT2D eigenvalue weighted by Crippen LogP contribution is -2.47. The summed E-state index contributed by atoms with van der Waals surface area (Å²) in [5.41, 5.74) is 3.68. The van der Waals surface area contributed by atoms with E-state index in [-0.39, 0.29) is 18.4 Å². The Morgan fingerprint density at radius 1 is 1.11 bits per heavy atom. The molecular formula is C21H21N5O2. The van der Waals surface area contributed by atoms with Gasteiger partial charge in [-0.25, -0.2) is 4.68 Å². The lowest BCUT2D eigenvalue weighted by Gasteiger charge is -2.30. The van der Waals surface area contributed by atoms with Gasteiger partial charge in [0.1, 0.15) is 0 Å². The second-order valence-corrected chi connectivity index (χ2v) is 6.63. The van der Waals surface area contributed by atoms with Crippen LogP contribution in [0.2, 0.25) is 0 Å². The molecule has 1 aromatic heterocycles. The number of hydrogen-bond donors (Lipinski definition) is 2. The number of rotatable bonds is 4. The normalized spacial score (nSPS) is 13.9. The molecule has 1 fully saturated rings. The van der Waals surface area contributed by atoms with Crippen LogP contribution in [0.15, 0.2) is 60.8 Å². The number of nitrogens with one attached hydrogen (secondary N) is 2. The Balaban J connectivity index is 1.58. The Hall–Kier alpha value is -3.61. The van der Waals surface area contributed by atoms with E-state index in [0.717, 1.165) is 17.1 Å². The number of anilines is 2. The van der Waals surface area contributed by atoms with Gasteiger partial charge >= 0.3 is 0 Å². The van der Waals surface area contributed by atoms with Crippen LogP contribution >= 0.6 is 0 Å². The van der Waals surface area contributed by atoms with Crippen LogP contribution in [0, 0.1) is 6.92 Å². The van der Waals surface area contributed by atoms with Crippen LogP contribution < -0.4 is 15.5 Å². The monoisotopic (exact) mass is 375 g/mol. The van der Waals surface area contributed by atoms with Gasteiger partial charge in [0.15, 0.2) is 0 Å². The van der Waals surface area contributed by atoms with Crippen molar-refractivity contribution in [2.45, 2.75) is 6.92 Å². The van der Waals surface area contributed by atoms with Crippen molar-refractivity contribution in [3.05, 3.63) is 72.1 Å². The zero-order valence-corrected chi connectivity index (χ0v) is 15.6. The van der Waals surface area contributed by atoms with E-state index in [1.165, 1.54) is 0 Å². The van der Waals surface area contributed by atoms with Crippen molar-refractivity contribution < 1.29 is 9.59 Å². The van der Waals surface area contributed by atoms with E-state index in [1.54, 1.807) is 10.9 Å². The Morgan fingerprint density at radius 3 is 2.64 bits per heavy atom. The molecule has 0 bridgehead atoms. The van der Waals surface area contributed by atoms with Crippen LogP contribution in [-0.4, -0.2) is 41.2 Å². The molecule has 2 N–H and O–H groups in total. The maximum absolute atomic E-state index is 12.9. The highest BCUT2D eigenvalue weighted by Gasteiger charge is 2.21. The molecule has 28 heavy (non-hydrogen) atoms. The minimum Gasteiger partial charge on any atom is -0.359 e. The zero-order chi connectivity index (χ0) is 19.5. The van der Waals surface area contributed by atoms with Crippen molar-refractivity contribution in [2.24, 2.45) is 0 Å². The summed E-state index contributed by atoms with van der Waals surface area (Å²) >= 11 is 0. The molecule has 7 heteroatoms. The maximum atomic E-state index is 12.9. The highest BCUT2D eigenvalue weighted by Crippen LogP contribution is 2.27. The van der Waals surface area contributed by atoms with Gasteiger partial charge in [-0.2, -0.15) is 5.10 Å². The van der Waals surface area contributed by atoms with E-state index in [4.69, 9.17) is 0 Å². The highest BCUT2D eigenvalue weighted by molar-refractivity contribution is 6.06. The molecule has 2 amide bonds. The first-order chi connectivity index (χ1) is 13.6. The van der Waals surface area contributed by atoms with Crippen molar-refractivity contribution >= 4 is 23.2 Å². The summed E-state index contributed by atoms with van der Waals surface area (Å²) in [6.45, 7) is 3.43. The number of nitrogens with zero attached hydrogens (tertiary/aromatic N) is 3. The molecule has 2 aromatic carbocycles. The third-order valence-electron chi connectivity index (χ3n) is 4.79. The van der Waals surface area contributed by atoms with Crippen molar-refractivity contribution in [3.8, 4) is 5.69 Å². The first-order valence-electron chi connectivity index (χ1n) is 9.15. The second kappa shape index (κ2) is 7.56. The maximum Gasteiger partial charge on any atom is 0.259 e. The van der Waals surface area contributed by atoms with Crippen molar-refractivity contribution in [1.29, 1.82) is 0 Å². The minimum atomic E-state index is -0.228. The van der Waals surface area contributed by atoms with Gasteiger partial charge in [-0.15, -0.1) is 0 Å². The summed E-state index contributed by atoms with van der Waals surface area (Å²) in [6, 6.07) is 17.2. The van der Waals surface area contributed by atoms with E-state index in [9.17, 15) is 9.59 Å². The van der Waals surface area contributed by atoms with Crippen LogP contribution in [0.3, 0.4) is 0 Å². The molecule has 2 heterocycles. The predicted octanol–water partition coefficient (Wildman–Crippen LogP) is 2.37. The molecule has 1 aliphatic heterocycles. The largest absolute Gasteiger partial charge is 0.359 e. The van der Waals surface area contributed by atoms with Gasteiger partial charge in [-0.1, -0.05) is 30.3 Å². The Bertz CT molecular complexity index is 1010. The standard InChI is InChI=1S/C21H21N5O2/c1-15-17(13-23-26(15)16-7-3-2-4-8-16)21(28)24-18-9-5-6-10-19(18)25-12-11-22-20(27)14-25/h2-10,13H,11-12,14H2,1H3,(H,22,27)(H,24,28). The smallest absolute Gasteiger partial charge is 0.259 e. The number of carbonyl (C=O) groups excluding carboxylic acids is 2. The average Bonchev–Trinajstić information content (AvgIpc) is 3.10. The second-order valence-electron chi connectivity index (χ2n) is 6.63. The summed E-state index contributed by atoms with van der Waals surface area (Å²) in [6.07, 6.45) is 1.58. The third-order valence-corrected chi connectivity index (χ3v) is 4.79. The Morgan fingerprint density at radius 2 is 1.86 bits per heavy atom. The van der Waals surface area contributed by atoms with Gasteiger partial charge in [-0.3, -0.25) is 9.59 Å². The lowest BCUT2D eigenvalue weighted by molar-refractivity contribution is -0.120. The van der Waals surface area contributed by atoms with Crippen molar-refractivity contribution in [3.63, 3.8) is 0 Å². The van der Waals surface area contributed by atoms with Crippen LogP contribution in [-0.2, 0) is 4.79 Å². The van der Waals surface area contributed by atoms with Gasteiger partial charge in [0.05, 0.1) is 41.1 Å². The van der Waals surface area contributed by atoms with Gasteiger partial charge < -0.3 is 15.5 Å². The SMILES string of the molecule is Cc1c(C(=O)Nc2ccccc2N2CCNC(=O)C2)cnn1-c1ccccc1. The summed E-state index contributed by atoms with van der Waals surface area (Å²) in [5.74, 6) is -0.249. The van der Waals surface area contributed by atoms with Crippen LogP contribution in [0.1, 0.15) is 16.1 Å². The van der Waals surface area contributed by atoms with Gasteiger partial charge in [0.2, 0.25) is 5.91 Å². The highest BCUT2D eigenvalue weighted by atomic mass is 16.2. The number of aromatic nitrogens is 2. The van der Waals surface area contributed by atoms with Gasteiger partial charge in [0, 0.05) is 13.1 Å². The van der Waals surface area contributed by atoms with Crippen molar-refractivity contribution in [2.75, 3.05) is 29.9 Å². The van der Waals surface area contributed by atoms with E-state index < -0.39 is 0 Å². The number of benzene rings is 2.